The molecule has 0 aromatic carbocycles. The summed E-state index contributed by atoms with van der Waals surface area (Å²) in [7, 11) is 1.69. The lowest BCUT2D eigenvalue weighted by Crippen LogP contribution is -2.35. The summed E-state index contributed by atoms with van der Waals surface area (Å²) in [5.41, 5.74) is 3.52. The number of anilines is 2. The van der Waals surface area contributed by atoms with E-state index in [2.05, 4.69) is 34.1 Å². The minimum atomic E-state index is 0.337. The van der Waals surface area contributed by atoms with Crippen molar-refractivity contribution in [1.29, 1.82) is 0 Å². The zero-order valence-corrected chi connectivity index (χ0v) is 10.9. The van der Waals surface area contributed by atoms with Crippen LogP contribution >= 0.6 is 0 Å². The van der Waals surface area contributed by atoms with Crippen LogP contribution < -0.4 is 16.2 Å². The molecule has 0 aliphatic heterocycles. The van der Waals surface area contributed by atoms with E-state index in [4.69, 9.17) is 10.6 Å². The van der Waals surface area contributed by atoms with Gasteiger partial charge in [0.1, 0.15) is 18.0 Å². The van der Waals surface area contributed by atoms with E-state index >= 15 is 0 Å². The van der Waals surface area contributed by atoms with Crippen molar-refractivity contribution < 1.29 is 4.74 Å². The fourth-order valence-corrected chi connectivity index (χ4v) is 1.67. The zero-order chi connectivity index (χ0) is 12.8. The normalized spacial score (nSPS) is 10.7. The van der Waals surface area contributed by atoms with Crippen molar-refractivity contribution in [3.05, 3.63) is 11.9 Å². The number of rotatable bonds is 6. The topological polar surface area (TPSA) is 76.3 Å². The Hall–Kier alpha value is -1.40. The summed E-state index contributed by atoms with van der Waals surface area (Å²) in [4.78, 5) is 10.6. The largest absolute Gasteiger partial charge is 0.383 e. The molecule has 0 atom stereocenters. The fourth-order valence-electron chi connectivity index (χ4n) is 1.67. The summed E-state index contributed by atoms with van der Waals surface area (Å²) in [6.45, 7) is 7.63. The number of nitrogens with two attached hydrogens (primary N) is 1. The third kappa shape index (κ3) is 3.28. The van der Waals surface area contributed by atoms with Crippen LogP contribution in [0.3, 0.4) is 0 Å². The van der Waals surface area contributed by atoms with Crippen LogP contribution in [0.5, 0.6) is 0 Å². The number of hydrazine groups is 1. The number of nitrogen functional groups attached to an aromatic ring is 1. The number of methoxy groups -OCH3 is 1. The number of aromatic nitrogens is 2. The summed E-state index contributed by atoms with van der Waals surface area (Å²) < 4.78 is 5.12. The van der Waals surface area contributed by atoms with Crippen molar-refractivity contribution in [1.82, 2.24) is 9.97 Å². The highest BCUT2D eigenvalue weighted by molar-refractivity contribution is 5.57. The van der Waals surface area contributed by atoms with E-state index < -0.39 is 0 Å². The Morgan fingerprint density at radius 1 is 1.47 bits per heavy atom. The number of ether oxygens (including phenoxy) is 1. The van der Waals surface area contributed by atoms with Crippen LogP contribution in [0.25, 0.3) is 0 Å². The molecule has 0 saturated carbocycles. The molecular weight excluding hydrogens is 218 g/mol. The predicted octanol–water partition coefficient (Wildman–Crippen LogP) is 0.932. The number of nitrogens with zero attached hydrogens (tertiary/aromatic N) is 3. The van der Waals surface area contributed by atoms with Gasteiger partial charge in [-0.3, -0.25) is 0 Å². The van der Waals surface area contributed by atoms with Crippen molar-refractivity contribution in [3.63, 3.8) is 0 Å². The Balaban J connectivity index is 3.01. The minimum Gasteiger partial charge on any atom is -0.383 e. The van der Waals surface area contributed by atoms with Crippen LogP contribution in [-0.4, -0.2) is 36.3 Å². The summed E-state index contributed by atoms with van der Waals surface area (Å²) in [6.07, 6.45) is 1.51. The zero-order valence-electron chi connectivity index (χ0n) is 10.9. The Morgan fingerprint density at radius 2 is 2.18 bits per heavy atom. The third-order valence-electron chi connectivity index (χ3n) is 2.63. The third-order valence-corrected chi connectivity index (χ3v) is 2.63. The van der Waals surface area contributed by atoms with E-state index in [1.54, 1.807) is 7.11 Å². The van der Waals surface area contributed by atoms with Crippen LogP contribution in [0.1, 0.15) is 19.4 Å². The molecule has 0 spiro atoms. The molecule has 1 aromatic heterocycles. The van der Waals surface area contributed by atoms with Crippen LogP contribution in [0.4, 0.5) is 11.6 Å². The van der Waals surface area contributed by atoms with Gasteiger partial charge in [0.15, 0.2) is 0 Å². The number of nitrogens with one attached hydrogen (secondary N) is 1. The number of hydrogen-bond donors (Lipinski definition) is 2. The van der Waals surface area contributed by atoms with Crippen LogP contribution in [0.15, 0.2) is 6.33 Å². The van der Waals surface area contributed by atoms with Crippen molar-refractivity contribution in [2.45, 2.75) is 26.8 Å². The molecule has 6 nitrogen and oxygen atoms in total. The van der Waals surface area contributed by atoms with Gasteiger partial charge < -0.3 is 15.1 Å². The smallest absolute Gasteiger partial charge is 0.148 e. The van der Waals surface area contributed by atoms with Gasteiger partial charge in [0.2, 0.25) is 0 Å². The van der Waals surface area contributed by atoms with Gasteiger partial charge in [0.25, 0.3) is 0 Å². The Bertz CT molecular complexity index is 356. The van der Waals surface area contributed by atoms with Crippen LogP contribution in [0, 0.1) is 6.92 Å². The van der Waals surface area contributed by atoms with E-state index in [1.807, 2.05) is 6.92 Å². The number of hydrogen-bond acceptors (Lipinski definition) is 6. The van der Waals surface area contributed by atoms with E-state index in [1.165, 1.54) is 6.33 Å². The average Bonchev–Trinajstić information content (AvgIpc) is 2.31. The van der Waals surface area contributed by atoms with Crippen molar-refractivity contribution in [2.24, 2.45) is 5.84 Å². The molecule has 0 fully saturated rings. The highest BCUT2D eigenvalue weighted by atomic mass is 16.5. The molecule has 0 amide bonds. The first-order chi connectivity index (χ1) is 8.11. The second kappa shape index (κ2) is 6.36. The maximum Gasteiger partial charge on any atom is 0.148 e. The lowest BCUT2D eigenvalue weighted by molar-refractivity contribution is 0.203. The molecule has 3 N–H and O–H groups in total. The molecule has 0 radical (unpaired) electrons. The van der Waals surface area contributed by atoms with E-state index in [9.17, 15) is 0 Å². The molecule has 0 aliphatic carbocycles. The van der Waals surface area contributed by atoms with Gasteiger partial charge in [-0.1, -0.05) is 0 Å². The molecule has 6 heteroatoms. The van der Waals surface area contributed by atoms with E-state index in [0.29, 0.717) is 18.5 Å². The predicted molar refractivity (Wildman–Crippen MR) is 68.9 cm³/mol. The minimum absolute atomic E-state index is 0.337. The van der Waals surface area contributed by atoms with Gasteiger partial charge in [0.05, 0.1) is 6.61 Å². The average molecular weight is 239 g/mol. The molecule has 0 saturated heterocycles. The standard InChI is InChI=1S/C11H21N5O/c1-8(2)16(5-6-17-4)11-9(3)10(15-12)13-7-14-11/h7-8H,5-6,12H2,1-4H3,(H,13,14,15). The first-order valence-corrected chi connectivity index (χ1v) is 5.65. The van der Waals surface area contributed by atoms with Crippen LogP contribution in [0.2, 0.25) is 0 Å². The Morgan fingerprint density at radius 3 is 2.71 bits per heavy atom. The second-order valence-corrected chi connectivity index (χ2v) is 4.10. The van der Waals surface area contributed by atoms with Gasteiger partial charge in [0, 0.05) is 25.3 Å². The lowest BCUT2D eigenvalue weighted by Gasteiger charge is -2.29. The molecule has 0 aliphatic rings. The highest BCUT2D eigenvalue weighted by Gasteiger charge is 2.16. The summed E-state index contributed by atoms with van der Waals surface area (Å²) in [6, 6.07) is 0.337. The fraction of sp³-hybridized carbons (Fsp3) is 0.636. The van der Waals surface area contributed by atoms with Gasteiger partial charge in [-0.05, 0) is 20.8 Å². The van der Waals surface area contributed by atoms with E-state index in [-0.39, 0.29) is 0 Å². The molecule has 96 valence electrons. The van der Waals surface area contributed by atoms with Gasteiger partial charge in [-0.2, -0.15) is 0 Å². The second-order valence-electron chi connectivity index (χ2n) is 4.10. The molecule has 1 aromatic rings. The molecule has 1 heterocycles. The maximum absolute atomic E-state index is 5.41. The lowest BCUT2D eigenvalue weighted by atomic mass is 10.2. The highest BCUT2D eigenvalue weighted by Crippen LogP contribution is 2.22. The quantitative estimate of drug-likeness (QED) is 0.568. The summed E-state index contributed by atoms with van der Waals surface area (Å²) in [5, 5.41) is 0. The first kappa shape index (κ1) is 13.7. The molecule has 0 bridgehead atoms. The SMILES string of the molecule is COCCN(c1ncnc(NN)c1C)C(C)C. The van der Waals surface area contributed by atoms with Gasteiger partial charge in [-0.25, -0.2) is 15.8 Å². The summed E-state index contributed by atoms with van der Waals surface area (Å²) >= 11 is 0. The Kier molecular flexibility index (Phi) is 5.11. The van der Waals surface area contributed by atoms with Crippen LogP contribution in [-0.2, 0) is 4.74 Å². The van der Waals surface area contributed by atoms with E-state index in [0.717, 1.165) is 17.9 Å². The van der Waals surface area contributed by atoms with Crippen molar-refractivity contribution in [3.8, 4) is 0 Å². The van der Waals surface area contributed by atoms with Gasteiger partial charge in [-0.15, -0.1) is 0 Å². The summed E-state index contributed by atoms with van der Waals surface area (Å²) in [5.74, 6) is 6.95. The molecule has 17 heavy (non-hydrogen) atoms. The Labute approximate surface area is 102 Å². The first-order valence-electron chi connectivity index (χ1n) is 5.65. The van der Waals surface area contributed by atoms with Crippen molar-refractivity contribution >= 4 is 11.6 Å². The molecule has 1 rings (SSSR count). The molecular formula is C11H21N5O. The van der Waals surface area contributed by atoms with Crippen molar-refractivity contribution in [2.75, 3.05) is 30.6 Å². The molecule has 0 unspecified atom stereocenters. The monoisotopic (exact) mass is 239 g/mol. The maximum atomic E-state index is 5.41. The van der Waals surface area contributed by atoms with Gasteiger partial charge >= 0.3 is 0 Å².